The van der Waals surface area contributed by atoms with Crippen LogP contribution in [0.5, 0.6) is 0 Å². The molecule has 0 atom stereocenters. The maximum Gasteiger partial charge on any atom is 0.261 e. The molecule has 1 aromatic rings. The fraction of sp³-hybridized carbons (Fsp3) is 0.333. The SMILES string of the molecule is Cc1ccc2c(c1)C(=O)N(CC1=CCNCC1)C2=O. The van der Waals surface area contributed by atoms with Gasteiger partial charge in [0, 0.05) is 6.54 Å². The molecule has 0 spiro atoms. The molecule has 0 unspecified atom stereocenters. The van der Waals surface area contributed by atoms with Crippen molar-refractivity contribution in [1.82, 2.24) is 10.2 Å². The summed E-state index contributed by atoms with van der Waals surface area (Å²) in [5.41, 5.74) is 3.23. The fourth-order valence-electron chi connectivity index (χ4n) is 2.56. The molecule has 1 N–H and O–H groups in total. The first-order chi connectivity index (χ1) is 9.16. The monoisotopic (exact) mass is 256 g/mol. The molecule has 0 saturated carbocycles. The number of carbonyl (C=O) groups is 2. The second-order valence-corrected chi connectivity index (χ2v) is 5.06. The van der Waals surface area contributed by atoms with E-state index in [-0.39, 0.29) is 11.8 Å². The first-order valence-electron chi connectivity index (χ1n) is 6.52. The molecule has 3 rings (SSSR count). The van der Waals surface area contributed by atoms with E-state index < -0.39 is 0 Å². The number of hydrogen-bond acceptors (Lipinski definition) is 3. The zero-order valence-corrected chi connectivity index (χ0v) is 10.9. The molecule has 0 bridgehead atoms. The highest BCUT2D eigenvalue weighted by Gasteiger charge is 2.35. The molecule has 0 fully saturated rings. The largest absolute Gasteiger partial charge is 0.313 e. The number of rotatable bonds is 2. The number of benzene rings is 1. The van der Waals surface area contributed by atoms with Crippen molar-refractivity contribution in [2.75, 3.05) is 19.6 Å². The van der Waals surface area contributed by atoms with E-state index in [9.17, 15) is 9.59 Å². The van der Waals surface area contributed by atoms with Crippen LogP contribution in [0.2, 0.25) is 0 Å². The summed E-state index contributed by atoms with van der Waals surface area (Å²) >= 11 is 0. The summed E-state index contributed by atoms with van der Waals surface area (Å²) in [6.45, 7) is 4.08. The number of nitrogens with one attached hydrogen (secondary N) is 1. The molecule has 2 aliphatic rings. The lowest BCUT2D eigenvalue weighted by atomic mass is 10.1. The van der Waals surface area contributed by atoms with Crippen LogP contribution in [0.1, 0.15) is 32.7 Å². The molecule has 2 amide bonds. The molecule has 2 heterocycles. The lowest BCUT2D eigenvalue weighted by Gasteiger charge is -2.19. The topological polar surface area (TPSA) is 49.4 Å². The van der Waals surface area contributed by atoms with Crippen molar-refractivity contribution in [1.29, 1.82) is 0 Å². The average Bonchev–Trinajstić information content (AvgIpc) is 2.65. The Hall–Kier alpha value is -1.94. The van der Waals surface area contributed by atoms with E-state index in [1.807, 2.05) is 13.0 Å². The third kappa shape index (κ3) is 2.08. The third-order valence-corrected chi connectivity index (χ3v) is 3.65. The average molecular weight is 256 g/mol. The van der Waals surface area contributed by atoms with Crippen LogP contribution in [-0.4, -0.2) is 36.3 Å². The van der Waals surface area contributed by atoms with Gasteiger partial charge in [-0.05, 0) is 32.0 Å². The van der Waals surface area contributed by atoms with Crippen molar-refractivity contribution in [2.24, 2.45) is 0 Å². The summed E-state index contributed by atoms with van der Waals surface area (Å²) in [7, 11) is 0. The van der Waals surface area contributed by atoms with E-state index in [1.165, 1.54) is 4.90 Å². The molecule has 1 aromatic carbocycles. The zero-order chi connectivity index (χ0) is 13.4. The molecule has 19 heavy (non-hydrogen) atoms. The predicted molar refractivity (Wildman–Crippen MR) is 72.1 cm³/mol. The quantitative estimate of drug-likeness (QED) is 0.644. The number of hydrogen-bond donors (Lipinski definition) is 1. The Kier molecular flexibility index (Phi) is 2.95. The molecule has 2 aliphatic heterocycles. The van der Waals surface area contributed by atoms with Gasteiger partial charge in [0.2, 0.25) is 0 Å². The Morgan fingerprint density at radius 3 is 2.74 bits per heavy atom. The van der Waals surface area contributed by atoms with Crippen LogP contribution >= 0.6 is 0 Å². The van der Waals surface area contributed by atoms with Gasteiger partial charge in [0.05, 0.1) is 17.7 Å². The number of carbonyl (C=O) groups excluding carboxylic acids is 2. The first-order valence-corrected chi connectivity index (χ1v) is 6.52. The third-order valence-electron chi connectivity index (χ3n) is 3.65. The standard InChI is InChI=1S/C15H16N2O2/c1-10-2-3-12-13(8-10)15(19)17(14(12)18)9-11-4-6-16-7-5-11/h2-4,8,16H,5-7,9H2,1H3. The van der Waals surface area contributed by atoms with Crippen LogP contribution in [0.4, 0.5) is 0 Å². The van der Waals surface area contributed by atoms with Crippen LogP contribution in [0, 0.1) is 6.92 Å². The van der Waals surface area contributed by atoms with Gasteiger partial charge in [-0.2, -0.15) is 0 Å². The lowest BCUT2D eigenvalue weighted by molar-refractivity contribution is 0.0666. The Morgan fingerprint density at radius 1 is 1.21 bits per heavy atom. The predicted octanol–water partition coefficient (Wildman–Crippen LogP) is 1.51. The van der Waals surface area contributed by atoms with Crippen molar-refractivity contribution < 1.29 is 9.59 Å². The summed E-state index contributed by atoms with van der Waals surface area (Å²) in [4.78, 5) is 25.9. The molecular formula is C15H16N2O2. The van der Waals surface area contributed by atoms with Crippen LogP contribution < -0.4 is 5.32 Å². The molecular weight excluding hydrogens is 240 g/mol. The van der Waals surface area contributed by atoms with Gasteiger partial charge in [0.25, 0.3) is 11.8 Å². The molecule has 0 radical (unpaired) electrons. The maximum absolute atomic E-state index is 12.3. The van der Waals surface area contributed by atoms with E-state index >= 15 is 0 Å². The minimum Gasteiger partial charge on any atom is -0.313 e. The smallest absolute Gasteiger partial charge is 0.261 e. The molecule has 98 valence electrons. The van der Waals surface area contributed by atoms with Crippen molar-refractivity contribution in [3.8, 4) is 0 Å². The highest BCUT2D eigenvalue weighted by Crippen LogP contribution is 2.25. The minimum atomic E-state index is -0.167. The van der Waals surface area contributed by atoms with Crippen LogP contribution in [0.3, 0.4) is 0 Å². The first kappa shape index (κ1) is 12.1. The highest BCUT2D eigenvalue weighted by atomic mass is 16.2. The van der Waals surface area contributed by atoms with E-state index in [4.69, 9.17) is 0 Å². The lowest BCUT2D eigenvalue weighted by Crippen LogP contribution is -2.34. The summed E-state index contributed by atoms with van der Waals surface area (Å²) < 4.78 is 0. The van der Waals surface area contributed by atoms with Gasteiger partial charge in [0.1, 0.15) is 0 Å². The zero-order valence-electron chi connectivity index (χ0n) is 10.9. The van der Waals surface area contributed by atoms with Crippen LogP contribution in [0.15, 0.2) is 29.8 Å². The maximum atomic E-state index is 12.3. The fourth-order valence-corrected chi connectivity index (χ4v) is 2.56. The molecule has 0 saturated heterocycles. The Balaban J connectivity index is 1.88. The van der Waals surface area contributed by atoms with E-state index in [2.05, 4.69) is 11.4 Å². The summed E-state index contributed by atoms with van der Waals surface area (Å²) in [6.07, 6.45) is 2.96. The number of nitrogens with zero attached hydrogens (tertiary/aromatic N) is 1. The molecule has 4 nitrogen and oxygen atoms in total. The second-order valence-electron chi connectivity index (χ2n) is 5.06. The molecule has 0 aromatic heterocycles. The van der Waals surface area contributed by atoms with Crippen molar-refractivity contribution in [3.05, 3.63) is 46.5 Å². The summed E-state index contributed by atoms with van der Waals surface area (Å²) in [5, 5.41) is 3.22. The number of aryl methyl sites for hydroxylation is 1. The Bertz CT molecular complexity index is 590. The van der Waals surface area contributed by atoms with Gasteiger partial charge in [-0.25, -0.2) is 0 Å². The van der Waals surface area contributed by atoms with E-state index in [1.54, 1.807) is 12.1 Å². The Labute approximate surface area is 112 Å². The summed E-state index contributed by atoms with van der Waals surface area (Å²) in [5.74, 6) is -0.331. The van der Waals surface area contributed by atoms with Gasteiger partial charge >= 0.3 is 0 Å². The Morgan fingerprint density at radius 2 is 2.00 bits per heavy atom. The van der Waals surface area contributed by atoms with Crippen molar-refractivity contribution in [3.63, 3.8) is 0 Å². The van der Waals surface area contributed by atoms with E-state index in [0.717, 1.165) is 30.6 Å². The normalized spacial score (nSPS) is 18.6. The van der Waals surface area contributed by atoms with Crippen molar-refractivity contribution >= 4 is 11.8 Å². The summed E-state index contributed by atoms with van der Waals surface area (Å²) in [6, 6.07) is 5.42. The number of amides is 2. The second kappa shape index (κ2) is 4.63. The van der Waals surface area contributed by atoms with Crippen LogP contribution in [0.25, 0.3) is 0 Å². The van der Waals surface area contributed by atoms with Crippen molar-refractivity contribution in [2.45, 2.75) is 13.3 Å². The highest BCUT2D eigenvalue weighted by molar-refractivity contribution is 6.21. The van der Waals surface area contributed by atoms with Gasteiger partial charge in [-0.15, -0.1) is 0 Å². The minimum absolute atomic E-state index is 0.164. The van der Waals surface area contributed by atoms with Crippen LogP contribution in [-0.2, 0) is 0 Å². The molecule has 4 heteroatoms. The van der Waals surface area contributed by atoms with Gasteiger partial charge < -0.3 is 5.32 Å². The van der Waals surface area contributed by atoms with E-state index in [0.29, 0.717) is 17.7 Å². The van der Waals surface area contributed by atoms with Gasteiger partial charge in [-0.1, -0.05) is 23.3 Å². The van der Waals surface area contributed by atoms with Gasteiger partial charge in [-0.3, -0.25) is 14.5 Å². The molecule has 0 aliphatic carbocycles. The number of fused-ring (bicyclic) bond motifs is 1. The number of imide groups is 1. The van der Waals surface area contributed by atoms with Gasteiger partial charge in [0.15, 0.2) is 0 Å².